The van der Waals surface area contributed by atoms with Crippen molar-refractivity contribution in [3.05, 3.63) is 95.0 Å². The van der Waals surface area contributed by atoms with Gasteiger partial charge < -0.3 is 0 Å². The van der Waals surface area contributed by atoms with E-state index in [1.165, 1.54) is 0 Å². The Hall–Kier alpha value is -2.55. The second-order valence-corrected chi connectivity index (χ2v) is 7.86. The lowest BCUT2D eigenvalue weighted by Crippen LogP contribution is -2.26. The van der Waals surface area contributed by atoms with E-state index < -0.39 is 10.0 Å². The first-order chi connectivity index (χ1) is 12.1. The van der Waals surface area contributed by atoms with Gasteiger partial charge in [0.2, 0.25) is 0 Å². The van der Waals surface area contributed by atoms with Crippen LogP contribution in [0.2, 0.25) is 0 Å². The lowest BCUT2D eigenvalue weighted by molar-refractivity contribution is 0.596. The molecule has 0 aliphatic heterocycles. The van der Waals surface area contributed by atoms with Gasteiger partial charge in [-0.2, -0.15) is 4.31 Å². The zero-order chi connectivity index (χ0) is 17.7. The molecule has 0 unspecified atom stereocenters. The summed E-state index contributed by atoms with van der Waals surface area (Å²) in [5.41, 5.74) is 1.24. The Bertz CT molecular complexity index is 1010. The van der Waals surface area contributed by atoms with E-state index in [4.69, 9.17) is 0 Å². The Balaban J connectivity index is 2.08. The van der Waals surface area contributed by atoms with Crippen molar-refractivity contribution in [2.45, 2.75) is 4.90 Å². The molecule has 0 radical (unpaired) electrons. The second-order valence-electron chi connectivity index (χ2n) is 5.16. The van der Waals surface area contributed by atoms with Gasteiger partial charge in [0.1, 0.15) is 0 Å². The molecule has 0 saturated carbocycles. The van der Waals surface area contributed by atoms with Crippen LogP contribution < -0.4 is 4.31 Å². The summed E-state index contributed by atoms with van der Waals surface area (Å²) in [6, 6.07) is 27.4. The molecule has 0 fully saturated rings. The van der Waals surface area contributed by atoms with Crippen molar-refractivity contribution in [1.82, 2.24) is 0 Å². The Labute approximate surface area is 156 Å². The van der Waals surface area contributed by atoms with E-state index in [0.717, 1.165) is 14.3 Å². The topological polar surface area (TPSA) is 37.4 Å². The molecule has 0 N–H and O–H groups in total. The molecule has 0 aromatic heterocycles. The molecule has 5 heteroatoms. The summed E-state index contributed by atoms with van der Waals surface area (Å²) in [6.45, 7) is 0. The lowest BCUT2D eigenvalue weighted by atomic mass is 10.2. The van der Waals surface area contributed by atoms with Crippen LogP contribution >= 0.6 is 15.9 Å². The largest absolute Gasteiger partial charge is 0.275 e. The molecule has 0 atom stereocenters. The van der Waals surface area contributed by atoms with Crippen LogP contribution in [0.5, 0.6) is 0 Å². The van der Waals surface area contributed by atoms with Gasteiger partial charge >= 0.3 is 0 Å². The standard InChI is InChI=1S/C20H14BrNO2S/c21-18-11-13-20(14-12-18)25(23,24)22(19-9-5-2-6-10-19)16-15-17-7-3-1-4-8-17/h1-14H. The third-order valence-corrected chi connectivity index (χ3v) is 5.60. The molecule has 0 aliphatic rings. The first kappa shape index (κ1) is 17.3. The van der Waals surface area contributed by atoms with Gasteiger partial charge in [-0.3, -0.25) is 0 Å². The number of anilines is 1. The van der Waals surface area contributed by atoms with Gasteiger partial charge in [0, 0.05) is 16.1 Å². The summed E-state index contributed by atoms with van der Waals surface area (Å²) >= 11 is 3.32. The van der Waals surface area contributed by atoms with Crippen LogP contribution in [0.25, 0.3) is 0 Å². The van der Waals surface area contributed by atoms with E-state index in [2.05, 4.69) is 27.9 Å². The van der Waals surface area contributed by atoms with Gasteiger partial charge in [0.05, 0.1) is 10.6 Å². The average molecular weight is 412 g/mol. The number of para-hydroxylation sites is 1. The fraction of sp³-hybridized carbons (Fsp3) is 0. The fourth-order valence-electron chi connectivity index (χ4n) is 2.18. The van der Waals surface area contributed by atoms with Gasteiger partial charge in [0.15, 0.2) is 0 Å². The minimum atomic E-state index is -3.80. The third-order valence-electron chi connectivity index (χ3n) is 3.42. The molecule has 0 saturated heterocycles. The maximum atomic E-state index is 13.1. The SMILES string of the molecule is O=S(=O)(c1ccc(Br)cc1)N(C#Cc1ccccc1)c1ccccc1. The Kier molecular flexibility index (Phi) is 5.22. The summed E-state index contributed by atoms with van der Waals surface area (Å²) < 4.78 is 28.1. The summed E-state index contributed by atoms with van der Waals surface area (Å²) in [4.78, 5) is 0.182. The van der Waals surface area contributed by atoms with Crippen LogP contribution in [0, 0.1) is 12.0 Å². The van der Waals surface area contributed by atoms with E-state index in [-0.39, 0.29) is 4.90 Å². The minimum absolute atomic E-state index is 0.182. The Morgan fingerprint density at radius 2 is 1.32 bits per heavy atom. The van der Waals surface area contributed by atoms with E-state index in [1.54, 1.807) is 48.5 Å². The lowest BCUT2D eigenvalue weighted by Gasteiger charge is -2.18. The fourth-order valence-corrected chi connectivity index (χ4v) is 3.70. The van der Waals surface area contributed by atoms with Crippen LogP contribution in [-0.2, 0) is 10.0 Å². The maximum absolute atomic E-state index is 13.1. The van der Waals surface area contributed by atoms with Crippen LogP contribution in [-0.4, -0.2) is 8.42 Å². The molecule has 3 rings (SSSR count). The highest BCUT2D eigenvalue weighted by Gasteiger charge is 2.23. The van der Waals surface area contributed by atoms with Crippen molar-refractivity contribution in [3.63, 3.8) is 0 Å². The maximum Gasteiger partial charge on any atom is 0.275 e. The molecule has 124 valence electrons. The Morgan fingerprint density at radius 3 is 1.92 bits per heavy atom. The molecule has 3 aromatic carbocycles. The zero-order valence-corrected chi connectivity index (χ0v) is 15.5. The number of hydrogen-bond acceptors (Lipinski definition) is 2. The molecule has 3 aromatic rings. The van der Waals surface area contributed by atoms with E-state index in [9.17, 15) is 8.42 Å². The monoisotopic (exact) mass is 411 g/mol. The second kappa shape index (κ2) is 7.56. The highest BCUT2D eigenvalue weighted by Crippen LogP contribution is 2.24. The molecule has 0 aliphatic carbocycles. The van der Waals surface area contributed by atoms with Crippen molar-refractivity contribution in [1.29, 1.82) is 0 Å². The summed E-state index contributed by atoms with van der Waals surface area (Å²) in [7, 11) is -3.80. The highest BCUT2D eigenvalue weighted by atomic mass is 79.9. The molecular formula is C20H14BrNO2S. The summed E-state index contributed by atoms with van der Waals surface area (Å²) in [5, 5.41) is 0. The highest BCUT2D eigenvalue weighted by molar-refractivity contribution is 9.10. The smallest absolute Gasteiger partial charge is 0.200 e. The van der Waals surface area contributed by atoms with Crippen LogP contribution in [0.4, 0.5) is 5.69 Å². The summed E-state index contributed by atoms with van der Waals surface area (Å²) in [5.74, 6) is 2.92. The van der Waals surface area contributed by atoms with Gasteiger partial charge in [-0.05, 0) is 54.5 Å². The summed E-state index contributed by atoms with van der Waals surface area (Å²) in [6.07, 6.45) is 0. The number of benzene rings is 3. The third kappa shape index (κ3) is 4.11. The van der Waals surface area contributed by atoms with Crippen LogP contribution in [0.3, 0.4) is 0 Å². The zero-order valence-electron chi connectivity index (χ0n) is 13.1. The number of rotatable bonds is 3. The number of halogens is 1. The van der Waals surface area contributed by atoms with E-state index >= 15 is 0 Å². The van der Waals surface area contributed by atoms with Gasteiger partial charge in [-0.25, -0.2) is 8.42 Å². The van der Waals surface area contributed by atoms with E-state index in [1.807, 2.05) is 36.4 Å². The number of nitrogens with zero attached hydrogens (tertiary/aromatic N) is 1. The molecule has 0 heterocycles. The predicted octanol–water partition coefficient (Wildman–Crippen LogP) is 4.65. The van der Waals surface area contributed by atoms with E-state index in [0.29, 0.717) is 5.69 Å². The van der Waals surface area contributed by atoms with Gasteiger partial charge in [0.25, 0.3) is 10.0 Å². The van der Waals surface area contributed by atoms with Crippen molar-refractivity contribution < 1.29 is 8.42 Å². The first-order valence-corrected chi connectivity index (χ1v) is 9.73. The first-order valence-electron chi connectivity index (χ1n) is 7.50. The van der Waals surface area contributed by atoms with Crippen molar-refractivity contribution in [2.24, 2.45) is 0 Å². The quantitative estimate of drug-likeness (QED) is 0.464. The minimum Gasteiger partial charge on any atom is -0.200 e. The van der Waals surface area contributed by atoms with Gasteiger partial charge in [-0.1, -0.05) is 52.3 Å². The van der Waals surface area contributed by atoms with Crippen LogP contribution in [0.1, 0.15) is 5.56 Å². The predicted molar refractivity (Wildman–Crippen MR) is 104 cm³/mol. The normalized spacial score (nSPS) is 10.6. The molecule has 0 spiro atoms. The Morgan fingerprint density at radius 1 is 0.760 bits per heavy atom. The molecule has 25 heavy (non-hydrogen) atoms. The van der Waals surface area contributed by atoms with Crippen molar-refractivity contribution in [3.8, 4) is 12.0 Å². The average Bonchev–Trinajstić information content (AvgIpc) is 2.64. The molecule has 3 nitrogen and oxygen atoms in total. The molecule has 0 bridgehead atoms. The molecular weight excluding hydrogens is 398 g/mol. The molecule has 0 amide bonds. The van der Waals surface area contributed by atoms with Crippen molar-refractivity contribution >= 4 is 31.6 Å². The van der Waals surface area contributed by atoms with Crippen LogP contribution in [0.15, 0.2) is 94.3 Å². The number of hydrogen-bond donors (Lipinski definition) is 0. The van der Waals surface area contributed by atoms with Gasteiger partial charge in [-0.15, -0.1) is 0 Å². The number of sulfonamides is 1. The van der Waals surface area contributed by atoms with Crippen molar-refractivity contribution in [2.75, 3.05) is 4.31 Å².